The quantitative estimate of drug-likeness (QED) is 0.634. The summed E-state index contributed by atoms with van der Waals surface area (Å²) in [6, 6.07) is 11.1. The lowest BCUT2D eigenvalue weighted by Crippen LogP contribution is -2.34. The Kier molecular flexibility index (Phi) is 4.86. The molecule has 0 radical (unpaired) electrons. The topological polar surface area (TPSA) is 66.8 Å². The van der Waals surface area contributed by atoms with Gasteiger partial charge in [-0.1, -0.05) is 18.2 Å². The van der Waals surface area contributed by atoms with Gasteiger partial charge in [-0.2, -0.15) is 0 Å². The maximum atomic E-state index is 12.5. The molecule has 7 heteroatoms. The van der Waals surface area contributed by atoms with Crippen LogP contribution in [0.3, 0.4) is 0 Å². The fourth-order valence-electron chi connectivity index (χ4n) is 3.53. The van der Waals surface area contributed by atoms with Gasteiger partial charge in [-0.25, -0.2) is 0 Å². The van der Waals surface area contributed by atoms with E-state index in [0.29, 0.717) is 35.3 Å². The Morgan fingerprint density at radius 3 is 2.68 bits per heavy atom. The third kappa shape index (κ3) is 3.16. The van der Waals surface area contributed by atoms with Crippen molar-refractivity contribution in [1.82, 2.24) is 4.57 Å². The third-order valence-electron chi connectivity index (χ3n) is 4.90. The van der Waals surface area contributed by atoms with Crippen LogP contribution in [0, 0.1) is 0 Å². The van der Waals surface area contributed by atoms with Gasteiger partial charge < -0.3 is 23.2 Å². The van der Waals surface area contributed by atoms with Crippen LogP contribution in [0.4, 0.5) is 0 Å². The number of benzene rings is 2. The van der Waals surface area contributed by atoms with Crippen LogP contribution in [0.25, 0.3) is 21.9 Å². The normalized spacial score (nSPS) is 15.6. The van der Waals surface area contributed by atoms with E-state index in [0.717, 1.165) is 16.5 Å². The summed E-state index contributed by atoms with van der Waals surface area (Å²) in [5.74, 6) is 1.15. The Morgan fingerprint density at radius 1 is 1.21 bits per heavy atom. The molecule has 0 N–H and O–H groups in total. The lowest BCUT2D eigenvalue weighted by atomic mass is 9.99. The van der Waals surface area contributed by atoms with E-state index >= 15 is 0 Å². The van der Waals surface area contributed by atoms with E-state index in [1.54, 1.807) is 37.5 Å². The van der Waals surface area contributed by atoms with Crippen molar-refractivity contribution in [3.05, 3.63) is 52.9 Å². The first-order valence-corrected chi connectivity index (χ1v) is 11.0. The smallest absolute Gasteiger partial charge is 0.308 e. The highest BCUT2D eigenvalue weighted by molar-refractivity contribution is 6.58. The van der Waals surface area contributed by atoms with Crippen LogP contribution in [0.15, 0.2) is 47.4 Å². The molecule has 0 aliphatic carbocycles. The Morgan fingerprint density at radius 2 is 1.96 bits per heavy atom. The molecular weight excluding hydrogens is 374 g/mol. The Labute approximate surface area is 163 Å². The summed E-state index contributed by atoms with van der Waals surface area (Å²) in [5, 5.41) is 2.15. The number of nitrogens with zero attached hydrogens (tertiary/aromatic N) is 1. The molecule has 0 spiro atoms. The summed E-state index contributed by atoms with van der Waals surface area (Å²) in [4.78, 5) is 12.5. The Balaban J connectivity index is 1.99. The molecule has 1 aliphatic heterocycles. The fraction of sp³-hybridized carbons (Fsp3) is 0.286. The third-order valence-corrected chi connectivity index (χ3v) is 6.00. The Bertz CT molecular complexity index is 1140. The predicted molar refractivity (Wildman–Crippen MR) is 108 cm³/mol. The van der Waals surface area contributed by atoms with E-state index < -0.39 is 8.68 Å². The first-order valence-electron chi connectivity index (χ1n) is 9.05. The second kappa shape index (κ2) is 7.33. The molecule has 2 aromatic carbocycles. The molecule has 6 nitrogen and oxygen atoms in total. The summed E-state index contributed by atoms with van der Waals surface area (Å²) in [5.41, 5.74) is 1.55. The van der Waals surface area contributed by atoms with Crippen LogP contribution in [-0.2, 0) is 16.2 Å². The average molecular weight is 395 g/mol. The van der Waals surface area contributed by atoms with Crippen molar-refractivity contribution in [3.63, 3.8) is 0 Å². The second-order valence-electron chi connectivity index (χ2n) is 6.92. The van der Waals surface area contributed by atoms with Crippen molar-refractivity contribution < 1.29 is 18.7 Å². The van der Waals surface area contributed by atoms with E-state index in [4.69, 9.17) is 14.2 Å². The molecule has 0 fully saturated rings. The zero-order valence-electron chi connectivity index (χ0n) is 16.0. The van der Waals surface area contributed by atoms with Gasteiger partial charge in [0.2, 0.25) is 0 Å². The molecule has 1 aliphatic rings. The summed E-state index contributed by atoms with van der Waals surface area (Å²) in [6.45, 7) is 2.46. The van der Waals surface area contributed by atoms with Gasteiger partial charge >= 0.3 is 8.68 Å². The van der Waals surface area contributed by atoms with Crippen LogP contribution in [-0.4, -0.2) is 39.7 Å². The highest BCUT2D eigenvalue weighted by atomic mass is 28.3. The van der Waals surface area contributed by atoms with Crippen LogP contribution in [0.1, 0.15) is 0 Å². The van der Waals surface area contributed by atoms with Crippen molar-refractivity contribution >= 4 is 24.6 Å². The summed E-state index contributed by atoms with van der Waals surface area (Å²) in [7, 11) is 1.38. The molecule has 0 saturated heterocycles. The van der Waals surface area contributed by atoms with Crippen LogP contribution in [0.2, 0.25) is 6.55 Å². The van der Waals surface area contributed by atoms with Gasteiger partial charge in [0.15, 0.2) is 17.6 Å². The summed E-state index contributed by atoms with van der Waals surface area (Å²) in [6.07, 6.45) is 1.57. The first kappa shape index (κ1) is 18.6. The van der Waals surface area contributed by atoms with E-state index in [-0.39, 0.29) is 11.7 Å². The molecule has 2 heterocycles. The molecular formula is C21H21NO5Si. The highest BCUT2D eigenvalue weighted by Crippen LogP contribution is 2.42. The average Bonchev–Trinajstić information content (AvgIpc) is 2.70. The molecule has 0 bridgehead atoms. The number of ether oxygens (including phenoxy) is 3. The van der Waals surface area contributed by atoms with Gasteiger partial charge in [0.05, 0.1) is 6.61 Å². The zero-order chi connectivity index (χ0) is 19.8. The van der Waals surface area contributed by atoms with Gasteiger partial charge in [-0.05, 0) is 30.1 Å². The van der Waals surface area contributed by atoms with E-state index in [1.165, 1.54) is 0 Å². The molecule has 3 aromatic rings. The number of aromatic nitrogens is 1. The minimum Gasteiger partial charge on any atom is -0.485 e. The van der Waals surface area contributed by atoms with Gasteiger partial charge in [0.25, 0.3) is 5.56 Å². The molecule has 1 unspecified atom stereocenters. The van der Waals surface area contributed by atoms with Gasteiger partial charge in [0, 0.05) is 42.1 Å². The Hall–Kier alpha value is -2.77. The monoisotopic (exact) mass is 395 g/mol. The largest absolute Gasteiger partial charge is 0.485 e. The van der Waals surface area contributed by atoms with Crippen LogP contribution in [0.5, 0.6) is 11.5 Å². The van der Waals surface area contributed by atoms with Gasteiger partial charge in [-0.3, -0.25) is 4.79 Å². The lowest BCUT2D eigenvalue weighted by molar-refractivity contribution is 0.0276. The number of hydrogen-bond donors (Lipinski definition) is 0. The second-order valence-corrected chi connectivity index (χ2v) is 8.61. The molecule has 4 rings (SSSR count). The molecule has 1 aromatic heterocycles. The fourth-order valence-corrected chi connectivity index (χ4v) is 4.21. The van der Waals surface area contributed by atoms with Gasteiger partial charge in [-0.15, -0.1) is 0 Å². The van der Waals surface area contributed by atoms with Crippen LogP contribution < -0.4 is 20.2 Å². The zero-order valence-corrected chi connectivity index (χ0v) is 17.0. The molecule has 0 saturated carbocycles. The van der Waals surface area contributed by atoms with Crippen molar-refractivity contribution in [3.8, 4) is 22.6 Å². The molecule has 0 amide bonds. The maximum absolute atomic E-state index is 12.5. The number of aryl methyl sites for hydroxylation is 1. The minimum absolute atomic E-state index is 0.0641. The lowest BCUT2D eigenvalue weighted by Gasteiger charge is -2.28. The van der Waals surface area contributed by atoms with E-state index in [1.807, 2.05) is 30.3 Å². The molecule has 1 atom stereocenters. The number of hydrogen-bond acceptors (Lipinski definition) is 5. The van der Waals surface area contributed by atoms with E-state index in [2.05, 4.69) is 0 Å². The van der Waals surface area contributed by atoms with Crippen molar-refractivity contribution in [2.75, 3.05) is 20.3 Å². The number of fused-ring (bicyclic) bond motifs is 2. The predicted octanol–water partition coefficient (Wildman–Crippen LogP) is 2.25. The van der Waals surface area contributed by atoms with Crippen molar-refractivity contribution in [2.24, 2.45) is 7.05 Å². The summed E-state index contributed by atoms with van der Waals surface area (Å²) >= 11 is 0. The van der Waals surface area contributed by atoms with Crippen molar-refractivity contribution in [2.45, 2.75) is 12.7 Å². The van der Waals surface area contributed by atoms with Crippen molar-refractivity contribution in [1.29, 1.82) is 0 Å². The van der Waals surface area contributed by atoms with Gasteiger partial charge in [0.1, 0.15) is 6.61 Å². The number of pyridine rings is 1. The minimum atomic E-state index is -1.96. The first-order chi connectivity index (χ1) is 13.5. The SMILES string of the molecule is COCC1COc2c(cc([Si](C)=O)cc2-c2cn(C)c(=O)c3ccccc23)O1. The molecule has 28 heavy (non-hydrogen) atoms. The highest BCUT2D eigenvalue weighted by Gasteiger charge is 2.27. The summed E-state index contributed by atoms with van der Waals surface area (Å²) < 4.78 is 31.1. The molecule has 144 valence electrons. The maximum Gasteiger partial charge on any atom is 0.308 e. The van der Waals surface area contributed by atoms with E-state index in [9.17, 15) is 9.26 Å². The standard InChI is InChI=1S/C21H21NO5Si/c1-22-10-18(15-6-4-5-7-16(15)21(22)23)17-8-14(28(3)24)9-19-20(17)26-12-13(27-19)11-25-2/h4-10,13H,11-12H2,1-3H3. The number of rotatable bonds is 4. The van der Waals surface area contributed by atoms with Crippen LogP contribution >= 0.6 is 0 Å². The number of methoxy groups -OCH3 is 1.